The summed E-state index contributed by atoms with van der Waals surface area (Å²) >= 11 is 7.71. The number of aryl methyl sites for hydroxylation is 2. The number of hydrogen-bond acceptors (Lipinski definition) is 8. The highest BCUT2D eigenvalue weighted by molar-refractivity contribution is 7.10. The van der Waals surface area contributed by atoms with Gasteiger partial charge in [-0.15, -0.1) is 0 Å². The molecule has 2 N–H and O–H groups in total. The number of fused-ring (bicyclic) bond motifs is 1. The fraction of sp³-hybridized carbons (Fsp3) is 0.136. The van der Waals surface area contributed by atoms with Crippen LogP contribution >= 0.6 is 23.1 Å². The summed E-state index contributed by atoms with van der Waals surface area (Å²) < 4.78 is 9.90. The van der Waals surface area contributed by atoms with Gasteiger partial charge in [0.1, 0.15) is 0 Å². The molecule has 0 aliphatic heterocycles. The zero-order valence-electron chi connectivity index (χ0n) is 17.1. The van der Waals surface area contributed by atoms with Crippen LogP contribution in [0.5, 0.6) is 0 Å². The Balaban J connectivity index is 1.35. The molecule has 3 aromatic heterocycles. The van der Waals surface area contributed by atoms with Crippen molar-refractivity contribution in [3.8, 4) is 11.4 Å². The lowest BCUT2D eigenvalue weighted by molar-refractivity contribution is 0.0964. The van der Waals surface area contributed by atoms with Gasteiger partial charge in [-0.25, -0.2) is 4.98 Å². The fourth-order valence-electron chi connectivity index (χ4n) is 3.46. The van der Waals surface area contributed by atoms with Gasteiger partial charge >= 0.3 is 0 Å². The maximum atomic E-state index is 12.6. The zero-order chi connectivity index (χ0) is 22.2. The van der Waals surface area contributed by atoms with Crippen molar-refractivity contribution in [2.75, 3.05) is 5.32 Å². The van der Waals surface area contributed by atoms with Crippen molar-refractivity contribution in [2.45, 2.75) is 20.3 Å². The lowest BCUT2D eigenvalue weighted by Gasteiger charge is -2.05. The Hall–Kier alpha value is -3.56. The SMILES string of the molecule is Cc1nc(C)c(C(=O)Cc2cccc(-c3nsc(Nc4ccc5[nH]ncc5c4Cl)n3)c2)o1. The molecule has 2 aromatic carbocycles. The van der Waals surface area contributed by atoms with E-state index in [2.05, 4.69) is 29.9 Å². The number of nitrogens with one attached hydrogen (secondary N) is 2. The number of halogens is 1. The first-order valence-corrected chi connectivity index (χ1v) is 10.9. The van der Waals surface area contributed by atoms with E-state index in [0.717, 1.165) is 27.7 Å². The van der Waals surface area contributed by atoms with E-state index in [9.17, 15) is 4.79 Å². The highest BCUT2D eigenvalue weighted by atomic mass is 35.5. The van der Waals surface area contributed by atoms with Crippen LogP contribution in [0.25, 0.3) is 22.3 Å². The number of aromatic amines is 1. The molecule has 0 fully saturated rings. The third-order valence-electron chi connectivity index (χ3n) is 4.93. The molecule has 3 heterocycles. The Labute approximate surface area is 191 Å². The Morgan fingerprint density at radius 3 is 2.91 bits per heavy atom. The van der Waals surface area contributed by atoms with E-state index in [0.29, 0.717) is 33.3 Å². The van der Waals surface area contributed by atoms with Gasteiger partial charge in [-0.3, -0.25) is 9.89 Å². The average Bonchev–Trinajstić information content (AvgIpc) is 3.50. The third kappa shape index (κ3) is 3.88. The standard InChI is InChI=1S/C22H17ClN6O2S/c1-11-20(31-12(2)25-11)18(30)9-13-4-3-5-14(8-13)21-27-22(32-29-21)26-17-7-6-16-15(19(17)23)10-24-28-16/h3-8,10H,9H2,1-2H3,(H,24,28)(H,26,27,29). The smallest absolute Gasteiger partial charge is 0.207 e. The summed E-state index contributed by atoms with van der Waals surface area (Å²) in [6.07, 6.45) is 1.89. The van der Waals surface area contributed by atoms with Gasteiger partial charge in [0.2, 0.25) is 10.9 Å². The summed E-state index contributed by atoms with van der Waals surface area (Å²) in [5, 5.41) is 12.1. The van der Waals surface area contributed by atoms with Crippen molar-refractivity contribution in [3.05, 3.63) is 70.5 Å². The minimum Gasteiger partial charge on any atom is -0.438 e. The van der Waals surface area contributed by atoms with Crippen LogP contribution in [0.15, 0.2) is 47.0 Å². The molecule has 0 bridgehead atoms. The Bertz CT molecular complexity index is 1450. The summed E-state index contributed by atoms with van der Waals surface area (Å²) in [6.45, 7) is 3.49. The van der Waals surface area contributed by atoms with Crippen molar-refractivity contribution < 1.29 is 9.21 Å². The van der Waals surface area contributed by atoms with Crippen LogP contribution in [0.4, 0.5) is 10.8 Å². The first kappa shape index (κ1) is 20.3. The molecule has 0 aliphatic rings. The van der Waals surface area contributed by atoms with Crippen LogP contribution < -0.4 is 5.32 Å². The van der Waals surface area contributed by atoms with E-state index in [1.807, 2.05) is 36.4 Å². The number of ketones is 1. The van der Waals surface area contributed by atoms with Gasteiger partial charge in [-0.1, -0.05) is 29.8 Å². The number of anilines is 2. The molecule has 160 valence electrons. The van der Waals surface area contributed by atoms with E-state index < -0.39 is 0 Å². The molecule has 5 aromatic rings. The molecular formula is C22H17ClN6O2S. The number of carbonyl (C=O) groups excluding carboxylic acids is 1. The van der Waals surface area contributed by atoms with Crippen molar-refractivity contribution in [1.29, 1.82) is 0 Å². The second kappa shape index (κ2) is 8.18. The number of aromatic nitrogens is 5. The highest BCUT2D eigenvalue weighted by Crippen LogP contribution is 2.33. The summed E-state index contributed by atoms with van der Waals surface area (Å²) in [7, 11) is 0. The quantitative estimate of drug-likeness (QED) is 0.319. The van der Waals surface area contributed by atoms with Gasteiger partial charge in [0.15, 0.2) is 17.5 Å². The van der Waals surface area contributed by atoms with E-state index in [4.69, 9.17) is 16.0 Å². The monoisotopic (exact) mass is 464 g/mol. The lowest BCUT2D eigenvalue weighted by atomic mass is 10.0. The van der Waals surface area contributed by atoms with Crippen LogP contribution in [-0.4, -0.2) is 30.3 Å². The highest BCUT2D eigenvalue weighted by Gasteiger charge is 2.17. The van der Waals surface area contributed by atoms with E-state index in [1.54, 1.807) is 20.0 Å². The maximum Gasteiger partial charge on any atom is 0.207 e. The van der Waals surface area contributed by atoms with Gasteiger partial charge in [-0.05, 0) is 30.7 Å². The second-order valence-corrected chi connectivity index (χ2v) is 8.38. The lowest BCUT2D eigenvalue weighted by Crippen LogP contribution is -2.04. The third-order valence-corrected chi connectivity index (χ3v) is 5.97. The number of H-pyrrole nitrogens is 1. The molecular weight excluding hydrogens is 448 g/mol. The van der Waals surface area contributed by atoms with Crippen LogP contribution in [0.2, 0.25) is 5.02 Å². The molecule has 0 amide bonds. The van der Waals surface area contributed by atoms with E-state index in [-0.39, 0.29) is 12.2 Å². The molecule has 5 rings (SSSR count). The number of carbonyl (C=O) groups is 1. The molecule has 10 heteroatoms. The predicted molar refractivity (Wildman–Crippen MR) is 124 cm³/mol. The first-order valence-electron chi connectivity index (χ1n) is 9.77. The van der Waals surface area contributed by atoms with Crippen LogP contribution in [0.3, 0.4) is 0 Å². The summed E-state index contributed by atoms with van der Waals surface area (Å²) in [4.78, 5) is 21.4. The molecule has 0 aliphatic carbocycles. The summed E-state index contributed by atoms with van der Waals surface area (Å²) in [5.41, 5.74) is 3.86. The molecule has 0 atom stereocenters. The Morgan fingerprint density at radius 2 is 2.09 bits per heavy atom. The molecule has 8 nitrogen and oxygen atoms in total. The molecule has 32 heavy (non-hydrogen) atoms. The summed E-state index contributed by atoms with van der Waals surface area (Å²) in [6, 6.07) is 11.4. The zero-order valence-corrected chi connectivity index (χ0v) is 18.7. The summed E-state index contributed by atoms with van der Waals surface area (Å²) in [5.74, 6) is 1.24. The molecule has 0 radical (unpaired) electrons. The fourth-order valence-corrected chi connectivity index (χ4v) is 4.33. The van der Waals surface area contributed by atoms with E-state index >= 15 is 0 Å². The number of oxazole rings is 1. The molecule has 0 unspecified atom stereocenters. The minimum absolute atomic E-state index is 0.113. The second-order valence-electron chi connectivity index (χ2n) is 7.25. The van der Waals surface area contributed by atoms with E-state index in [1.165, 1.54) is 11.5 Å². The number of Topliss-reactive ketones (excluding diaryl/α,β-unsaturated/α-hetero) is 1. The van der Waals surface area contributed by atoms with Crippen molar-refractivity contribution in [1.82, 2.24) is 24.5 Å². The number of hydrogen-bond donors (Lipinski definition) is 2. The largest absolute Gasteiger partial charge is 0.438 e. The van der Waals surface area contributed by atoms with Crippen LogP contribution in [-0.2, 0) is 6.42 Å². The van der Waals surface area contributed by atoms with Crippen LogP contribution in [0.1, 0.15) is 27.7 Å². The topological polar surface area (TPSA) is 110 Å². The maximum absolute atomic E-state index is 12.6. The van der Waals surface area contributed by atoms with Crippen molar-refractivity contribution in [3.63, 3.8) is 0 Å². The normalized spacial score (nSPS) is 11.2. The molecule has 0 spiro atoms. The van der Waals surface area contributed by atoms with Gasteiger partial charge in [0, 0.05) is 35.8 Å². The van der Waals surface area contributed by atoms with Gasteiger partial charge < -0.3 is 9.73 Å². The van der Waals surface area contributed by atoms with Gasteiger partial charge in [0.05, 0.1) is 28.1 Å². The van der Waals surface area contributed by atoms with Gasteiger partial charge in [0.25, 0.3) is 0 Å². The Kier molecular flexibility index (Phi) is 5.20. The average molecular weight is 465 g/mol. The van der Waals surface area contributed by atoms with Crippen molar-refractivity contribution in [2.24, 2.45) is 0 Å². The Morgan fingerprint density at radius 1 is 1.22 bits per heavy atom. The molecule has 0 saturated carbocycles. The molecule has 0 saturated heterocycles. The number of benzene rings is 2. The first-order chi connectivity index (χ1) is 15.5. The van der Waals surface area contributed by atoms with Crippen molar-refractivity contribution >= 4 is 50.6 Å². The number of rotatable bonds is 6. The number of nitrogens with zero attached hydrogens (tertiary/aromatic N) is 4. The van der Waals surface area contributed by atoms with Crippen LogP contribution in [0, 0.1) is 13.8 Å². The minimum atomic E-state index is -0.113. The predicted octanol–water partition coefficient (Wildman–Crippen LogP) is 5.51. The van der Waals surface area contributed by atoms with Gasteiger partial charge in [-0.2, -0.15) is 14.5 Å².